The highest BCUT2D eigenvalue weighted by molar-refractivity contribution is 5.78. The Kier molecular flexibility index (Phi) is 3.44. The molecule has 0 bridgehead atoms. The van der Waals surface area contributed by atoms with Crippen LogP contribution in [0.25, 0.3) is 10.9 Å². The second-order valence-electron chi connectivity index (χ2n) is 4.87. The molecular weight excluding hydrogens is 251 g/mol. The van der Waals surface area contributed by atoms with Crippen LogP contribution in [-0.4, -0.2) is 4.98 Å². The molecule has 2 N–H and O–H groups in total. The monoisotopic (exact) mass is 266 g/mol. The van der Waals surface area contributed by atoms with Gasteiger partial charge in [-0.25, -0.2) is 4.39 Å². The number of hydrogen-bond acceptors (Lipinski definition) is 2. The summed E-state index contributed by atoms with van der Waals surface area (Å²) in [5, 5.41) is 1.10. The molecule has 1 heterocycles. The molecule has 1 unspecified atom stereocenters. The van der Waals surface area contributed by atoms with Crippen LogP contribution in [0.15, 0.2) is 60.7 Å². The van der Waals surface area contributed by atoms with Gasteiger partial charge in [0.1, 0.15) is 5.82 Å². The first-order valence-electron chi connectivity index (χ1n) is 6.58. The number of rotatable bonds is 3. The Morgan fingerprint density at radius 2 is 1.70 bits per heavy atom. The summed E-state index contributed by atoms with van der Waals surface area (Å²) in [6, 6.07) is 18.2. The molecule has 3 aromatic rings. The predicted molar refractivity (Wildman–Crippen MR) is 78.8 cm³/mol. The molecule has 0 spiro atoms. The zero-order valence-electron chi connectivity index (χ0n) is 11.0. The van der Waals surface area contributed by atoms with E-state index in [1.54, 1.807) is 12.1 Å². The van der Waals surface area contributed by atoms with Crippen molar-refractivity contribution in [3.63, 3.8) is 0 Å². The number of hydrogen-bond donors (Lipinski definition) is 1. The Bertz CT molecular complexity index is 722. The van der Waals surface area contributed by atoms with Crippen LogP contribution >= 0.6 is 0 Å². The number of nitrogens with zero attached hydrogens (tertiary/aromatic N) is 1. The Hall–Kier alpha value is -2.26. The van der Waals surface area contributed by atoms with Gasteiger partial charge < -0.3 is 5.73 Å². The lowest BCUT2D eigenvalue weighted by Gasteiger charge is -2.12. The molecule has 1 aromatic heterocycles. The Morgan fingerprint density at radius 1 is 0.950 bits per heavy atom. The number of pyridine rings is 1. The van der Waals surface area contributed by atoms with E-state index in [4.69, 9.17) is 5.73 Å². The van der Waals surface area contributed by atoms with Crippen LogP contribution in [0.3, 0.4) is 0 Å². The minimum atomic E-state index is -0.230. The van der Waals surface area contributed by atoms with E-state index in [-0.39, 0.29) is 11.9 Å². The molecule has 0 fully saturated rings. The van der Waals surface area contributed by atoms with Gasteiger partial charge in [-0.05, 0) is 36.2 Å². The maximum absolute atomic E-state index is 12.9. The largest absolute Gasteiger partial charge is 0.322 e. The van der Waals surface area contributed by atoms with Gasteiger partial charge >= 0.3 is 0 Å². The van der Waals surface area contributed by atoms with Crippen molar-refractivity contribution < 1.29 is 4.39 Å². The average molecular weight is 266 g/mol. The zero-order chi connectivity index (χ0) is 13.9. The number of benzene rings is 2. The normalized spacial score (nSPS) is 12.5. The maximum atomic E-state index is 12.9. The summed E-state index contributed by atoms with van der Waals surface area (Å²) in [6.45, 7) is 0. The van der Waals surface area contributed by atoms with Gasteiger partial charge in [0, 0.05) is 5.39 Å². The summed E-state index contributed by atoms with van der Waals surface area (Å²) in [5.41, 5.74) is 9.01. The van der Waals surface area contributed by atoms with Crippen LogP contribution in [0.5, 0.6) is 0 Å². The average Bonchev–Trinajstić information content (AvgIpc) is 2.49. The van der Waals surface area contributed by atoms with E-state index in [0.29, 0.717) is 6.42 Å². The topological polar surface area (TPSA) is 38.9 Å². The van der Waals surface area contributed by atoms with Crippen LogP contribution < -0.4 is 5.73 Å². The van der Waals surface area contributed by atoms with Gasteiger partial charge in [0.2, 0.25) is 0 Å². The van der Waals surface area contributed by atoms with E-state index in [9.17, 15) is 4.39 Å². The van der Waals surface area contributed by atoms with Crippen molar-refractivity contribution in [2.24, 2.45) is 5.73 Å². The molecule has 100 valence electrons. The smallest absolute Gasteiger partial charge is 0.123 e. The van der Waals surface area contributed by atoms with Crippen LogP contribution in [0, 0.1) is 5.82 Å². The number of nitrogens with two attached hydrogens (primary N) is 1. The summed E-state index contributed by atoms with van der Waals surface area (Å²) < 4.78 is 12.9. The van der Waals surface area contributed by atoms with E-state index in [1.165, 1.54) is 12.1 Å². The second-order valence-corrected chi connectivity index (χ2v) is 4.87. The van der Waals surface area contributed by atoms with Crippen molar-refractivity contribution >= 4 is 10.9 Å². The summed E-state index contributed by atoms with van der Waals surface area (Å²) >= 11 is 0. The van der Waals surface area contributed by atoms with Gasteiger partial charge in [0.15, 0.2) is 0 Å². The van der Waals surface area contributed by atoms with E-state index >= 15 is 0 Å². The molecule has 0 aliphatic heterocycles. The molecule has 1 atom stereocenters. The van der Waals surface area contributed by atoms with E-state index in [0.717, 1.165) is 22.2 Å². The fraction of sp³-hybridized carbons (Fsp3) is 0.118. The molecule has 0 aliphatic rings. The van der Waals surface area contributed by atoms with Crippen molar-refractivity contribution in [2.45, 2.75) is 12.5 Å². The summed E-state index contributed by atoms with van der Waals surface area (Å²) in [7, 11) is 0. The van der Waals surface area contributed by atoms with E-state index < -0.39 is 0 Å². The van der Waals surface area contributed by atoms with E-state index in [1.807, 2.05) is 36.4 Å². The molecule has 2 aromatic carbocycles. The van der Waals surface area contributed by atoms with Gasteiger partial charge in [-0.3, -0.25) is 4.98 Å². The van der Waals surface area contributed by atoms with Crippen molar-refractivity contribution in [1.82, 2.24) is 4.98 Å². The second kappa shape index (κ2) is 5.39. The minimum Gasteiger partial charge on any atom is -0.322 e. The standard InChI is InChI=1S/C17H15FN2/c18-14-8-5-12(6-9-14)11-15(19)17-10-7-13-3-1-2-4-16(13)20-17/h1-10,15H,11,19H2. The molecule has 0 saturated carbocycles. The van der Waals surface area contributed by atoms with Crippen LogP contribution in [0.1, 0.15) is 17.3 Å². The third kappa shape index (κ3) is 2.68. The molecule has 3 heteroatoms. The number of fused-ring (bicyclic) bond motifs is 1. The Balaban J connectivity index is 1.84. The van der Waals surface area contributed by atoms with Crippen molar-refractivity contribution in [1.29, 1.82) is 0 Å². The number of aromatic nitrogens is 1. The quantitative estimate of drug-likeness (QED) is 0.786. The molecular formula is C17H15FN2. The highest BCUT2D eigenvalue weighted by Crippen LogP contribution is 2.18. The highest BCUT2D eigenvalue weighted by atomic mass is 19.1. The maximum Gasteiger partial charge on any atom is 0.123 e. The lowest BCUT2D eigenvalue weighted by atomic mass is 10.0. The third-order valence-corrected chi connectivity index (χ3v) is 3.37. The van der Waals surface area contributed by atoms with Crippen molar-refractivity contribution in [2.75, 3.05) is 0 Å². The molecule has 0 radical (unpaired) electrons. The fourth-order valence-corrected chi connectivity index (χ4v) is 2.27. The first-order chi connectivity index (χ1) is 9.72. The molecule has 0 aliphatic carbocycles. The molecule has 2 nitrogen and oxygen atoms in total. The van der Waals surface area contributed by atoms with Crippen LogP contribution in [0.4, 0.5) is 4.39 Å². The van der Waals surface area contributed by atoms with Crippen molar-refractivity contribution in [3.8, 4) is 0 Å². The van der Waals surface area contributed by atoms with Crippen LogP contribution in [0.2, 0.25) is 0 Å². The predicted octanol–water partition coefficient (Wildman–Crippen LogP) is 3.62. The van der Waals surface area contributed by atoms with Gasteiger partial charge in [-0.1, -0.05) is 36.4 Å². The SMILES string of the molecule is NC(Cc1ccc(F)cc1)c1ccc2ccccc2n1. The van der Waals surface area contributed by atoms with Gasteiger partial charge in [0.25, 0.3) is 0 Å². The molecule has 3 rings (SSSR count). The zero-order valence-corrected chi connectivity index (χ0v) is 11.0. The minimum absolute atomic E-state index is 0.190. The number of para-hydroxylation sites is 1. The van der Waals surface area contributed by atoms with Gasteiger partial charge in [-0.2, -0.15) is 0 Å². The molecule has 0 saturated heterocycles. The first-order valence-corrected chi connectivity index (χ1v) is 6.58. The lowest BCUT2D eigenvalue weighted by Crippen LogP contribution is -2.14. The fourth-order valence-electron chi connectivity index (χ4n) is 2.27. The van der Waals surface area contributed by atoms with Gasteiger partial charge in [-0.15, -0.1) is 0 Å². The van der Waals surface area contributed by atoms with Crippen LogP contribution in [-0.2, 0) is 6.42 Å². The van der Waals surface area contributed by atoms with Crippen molar-refractivity contribution in [3.05, 3.63) is 77.7 Å². The summed E-state index contributed by atoms with van der Waals surface area (Å²) in [5.74, 6) is -0.230. The summed E-state index contributed by atoms with van der Waals surface area (Å²) in [6.07, 6.45) is 0.644. The van der Waals surface area contributed by atoms with E-state index in [2.05, 4.69) is 4.98 Å². The third-order valence-electron chi connectivity index (χ3n) is 3.37. The molecule has 0 amide bonds. The number of halogens is 1. The Morgan fingerprint density at radius 3 is 2.50 bits per heavy atom. The van der Waals surface area contributed by atoms with Gasteiger partial charge in [0.05, 0.1) is 17.3 Å². The summed E-state index contributed by atoms with van der Waals surface area (Å²) in [4.78, 5) is 4.59. The molecule has 20 heavy (non-hydrogen) atoms. The Labute approximate surface area is 117 Å². The first kappa shape index (κ1) is 12.8. The highest BCUT2D eigenvalue weighted by Gasteiger charge is 2.09. The lowest BCUT2D eigenvalue weighted by molar-refractivity contribution is 0.625.